The third kappa shape index (κ3) is 4.90. The first-order valence-corrected chi connectivity index (χ1v) is 10.9. The predicted octanol–water partition coefficient (Wildman–Crippen LogP) is 2.56. The van der Waals surface area contributed by atoms with Gasteiger partial charge in [-0.2, -0.15) is 0 Å². The van der Waals surface area contributed by atoms with Crippen LogP contribution in [0, 0.1) is 5.41 Å². The van der Waals surface area contributed by atoms with E-state index in [4.69, 9.17) is 26.8 Å². The maximum atomic E-state index is 13.0. The summed E-state index contributed by atoms with van der Waals surface area (Å²) in [5, 5.41) is 0.540. The topological polar surface area (TPSA) is 85.1 Å². The minimum Gasteiger partial charge on any atom is -0.496 e. The molecule has 1 atom stereocenters. The smallest absolute Gasteiger partial charge is 0.257 e. The van der Waals surface area contributed by atoms with E-state index in [0.717, 1.165) is 32.2 Å². The molecule has 166 valence electrons. The second-order valence-corrected chi connectivity index (χ2v) is 8.77. The van der Waals surface area contributed by atoms with Crippen molar-refractivity contribution in [3.05, 3.63) is 28.8 Å². The molecular formula is C22H32ClN3O4. The number of amides is 2. The number of hydrogen-bond donors (Lipinski definition) is 1. The lowest BCUT2D eigenvalue weighted by molar-refractivity contribution is -0.133. The van der Waals surface area contributed by atoms with Crippen LogP contribution >= 0.6 is 11.6 Å². The summed E-state index contributed by atoms with van der Waals surface area (Å²) in [6.45, 7) is 3.52. The van der Waals surface area contributed by atoms with Crippen molar-refractivity contribution < 1.29 is 19.1 Å². The van der Waals surface area contributed by atoms with Crippen molar-refractivity contribution in [2.75, 3.05) is 47.0 Å². The first-order chi connectivity index (χ1) is 14.4. The normalized spacial score (nSPS) is 23.4. The molecule has 3 rings (SSSR count). The highest BCUT2D eigenvalue weighted by atomic mass is 35.5. The highest BCUT2D eigenvalue weighted by molar-refractivity contribution is 6.30. The highest BCUT2D eigenvalue weighted by Crippen LogP contribution is 2.36. The van der Waals surface area contributed by atoms with Crippen molar-refractivity contribution >= 4 is 23.4 Å². The fourth-order valence-corrected chi connectivity index (χ4v) is 4.91. The molecule has 8 heteroatoms. The van der Waals surface area contributed by atoms with E-state index in [9.17, 15) is 9.59 Å². The summed E-state index contributed by atoms with van der Waals surface area (Å²) in [5.41, 5.74) is 5.82. The van der Waals surface area contributed by atoms with Gasteiger partial charge in [-0.3, -0.25) is 14.5 Å². The molecule has 2 N–H and O–H groups in total. The van der Waals surface area contributed by atoms with Gasteiger partial charge >= 0.3 is 0 Å². The molecule has 0 bridgehead atoms. The Morgan fingerprint density at radius 1 is 1.23 bits per heavy atom. The first kappa shape index (κ1) is 22.8. The number of hydrogen-bond acceptors (Lipinski definition) is 5. The van der Waals surface area contributed by atoms with Crippen molar-refractivity contribution in [2.45, 2.75) is 38.1 Å². The number of methoxy groups -OCH3 is 2. The SMILES string of the molecule is COCCC1(C(N)=O)CCCN(C2CCN(C(=O)c3ccc(Cl)cc3OC)CC2)C1. The Hall–Kier alpha value is -1.83. The molecule has 0 aliphatic carbocycles. The average molecular weight is 438 g/mol. The number of nitrogens with zero attached hydrogens (tertiary/aromatic N) is 2. The molecule has 2 saturated heterocycles. The Balaban J connectivity index is 1.62. The summed E-state index contributed by atoms with van der Waals surface area (Å²) in [6, 6.07) is 5.44. The summed E-state index contributed by atoms with van der Waals surface area (Å²) in [6.07, 6.45) is 4.17. The van der Waals surface area contributed by atoms with E-state index < -0.39 is 5.41 Å². The molecule has 1 aromatic carbocycles. The Morgan fingerprint density at radius 2 is 1.97 bits per heavy atom. The van der Waals surface area contributed by atoms with Crippen LogP contribution in [0.2, 0.25) is 5.02 Å². The molecule has 30 heavy (non-hydrogen) atoms. The minimum atomic E-state index is -0.516. The molecule has 0 radical (unpaired) electrons. The number of nitrogens with two attached hydrogens (primary N) is 1. The van der Waals surface area contributed by atoms with Crippen molar-refractivity contribution in [3.8, 4) is 5.75 Å². The summed E-state index contributed by atoms with van der Waals surface area (Å²) < 4.78 is 10.6. The summed E-state index contributed by atoms with van der Waals surface area (Å²) in [4.78, 5) is 29.5. The second kappa shape index (κ2) is 9.98. The van der Waals surface area contributed by atoms with Crippen LogP contribution in [0.25, 0.3) is 0 Å². The lowest BCUT2D eigenvalue weighted by Crippen LogP contribution is -2.56. The van der Waals surface area contributed by atoms with Gasteiger partial charge in [-0.05, 0) is 56.8 Å². The number of benzene rings is 1. The molecule has 2 heterocycles. The van der Waals surface area contributed by atoms with Gasteiger partial charge in [0.25, 0.3) is 5.91 Å². The van der Waals surface area contributed by atoms with Gasteiger partial charge in [0.1, 0.15) is 5.75 Å². The van der Waals surface area contributed by atoms with Gasteiger partial charge in [0.05, 0.1) is 18.1 Å². The molecule has 2 aliphatic rings. The lowest BCUT2D eigenvalue weighted by Gasteiger charge is -2.46. The van der Waals surface area contributed by atoms with Gasteiger partial charge in [-0.25, -0.2) is 0 Å². The van der Waals surface area contributed by atoms with E-state index in [-0.39, 0.29) is 11.8 Å². The van der Waals surface area contributed by atoms with Crippen molar-refractivity contribution in [1.82, 2.24) is 9.80 Å². The van der Waals surface area contributed by atoms with Crippen LogP contribution in [0.15, 0.2) is 18.2 Å². The number of carbonyl (C=O) groups excluding carboxylic acids is 2. The fraction of sp³-hybridized carbons (Fsp3) is 0.636. The van der Waals surface area contributed by atoms with Gasteiger partial charge in [-0.1, -0.05) is 11.6 Å². The number of carbonyl (C=O) groups is 2. The largest absolute Gasteiger partial charge is 0.496 e. The zero-order valence-electron chi connectivity index (χ0n) is 17.9. The molecule has 0 saturated carbocycles. The number of piperidine rings is 2. The molecule has 0 spiro atoms. The number of likely N-dealkylation sites (tertiary alicyclic amines) is 2. The quantitative estimate of drug-likeness (QED) is 0.708. The van der Waals surface area contributed by atoms with Gasteiger partial charge in [0.2, 0.25) is 5.91 Å². The molecule has 2 aliphatic heterocycles. The maximum absolute atomic E-state index is 13.0. The maximum Gasteiger partial charge on any atom is 0.257 e. The minimum absolute atomic E-state index is 0.0350. The van der Waals surface area contributed by atoms with E-state index in [0.29, 0.717) is 55.0 Å². The fourth-order valence-electron chi connectivity index (χ4n) is 4.75. The number of primary amides is 1. The number of halogens is 1. The molecule has 0 aromatic heterocycles. The third-order valence-corrected chi connectivity index (χ3v) is 6.81. The van der Waals surface area contributed by atoms with E-state index in [1.807, 2.05) is 4.90 Å². The zero-order valence-corrected chi connectivity index (χ0v) is 18.6. The van der Waals surface area contributed by atoms with Crippen LogP contribution in [-0.4, -0.2) is 74.7 Å². The van der Waals surface area contributed by atoms with E-state index in [1.54, 1.807) is 32.4 Å². The Morgan fingerprint density at radius 3 is 2.60 bits per heavy atom. The van der Waals surface area contributed by atoms with Gasteiger partial charge in [-0.15, -0.1) is 0 Å². The van der Waals surface area contributed by atoms with Crippen LogP contribution in [-0.2, 0) is 9.53 Å². The van der Waals surface area contributed by atoms with Gasteiger partial charge in [0, 0.05) is 44.4 Å². The van der Waals surface area contributed by atoms with E-state index in [2.05, 4.69) is 4.90 Å². The summed E-state index contributed by atoms with van der Waals surface area (Å²) in [5.74, 6) is 0.230. The monoisotopic (exact) mass is 437 g/mol. The summed E-state index contributed by atoms with van der Waals surface area (Å²) >= 11 is 6.02. The van der Waals surface area contributed by atoms with Crippen LogP contribution in [0.5, 0.6) is 5.75 Å². The molecule has 2 fully saturated rings. The van der Waals surface area contributed by atoms with Crippen LogP contribution < -0.4 is 10.5 Å². The van der Waals surface area contributed by atoms with Crippen molar-refractivity contribution in [1.29, 1.82) is 0 Å². The molecule has 1 aromatic rings. The van der Waals surface area contributed by atoms with Crippen molar-refractivity contribution in [3.63, 3.8) is 0 Å². The van der Waals surface area contributed by atoms with Crippen molar-refractivity contribution in [2.24, 2.45) is 11.1 Å². The Kier molecular flexibility index (Phi) is 7.60. The van der Waals surface area contributed by atoms with Gasteiger partial charge < -0.3 is 20.1 Å². The van der Waals surface area contributed by atoms with Crippen LogP contribution in [0.1, 0.15) is 42.5 Å². The highest BCUT2D eigenvalue weighted by Gasteiger charge is 2.42. The standard InChI is InChI=1S/C22H32ClN3O4/c1-29-13-9-22(21(24)28)8-3-10-26(15-22)17-6-11-25(12-7-17)20(27)18-5-4-16(23)14-19(18)30-2/h4-5,14,17H,3,6-13,15H2,1-2H3,(H2,24,28). The molecule has 2 amide bonds. The lowest BCUT2D eigenvalue weighted by atomic mass is 9.76. The third-order valence-electron chi connectivity index (χ3n) is 6.58. The molecule has 7 nitrogen and oxygen atoms in total. The summed E-state index contributed by atoms with van der Waals surface area (Å²) in [7, 11) is 3.19. The van der Waals surface area contributed by atoms with E-state index >= 15 is 0 Å². The first-order valence-electron chi connectivity index (χ1n) is 10.6. The predicted molar refractivity (Wildman–Crippen MR) is 116 cm³/mol. The molecule has 1 unspecified atom stereocenters. The van der Waals surface area contributed by atoms with Gasteiger partial charge in [0.15, 0.2) is 0 Å². The number of rotatable bonds is 7. The Bertz CT molecular complexity index is 767. The van der Waals surface area contributed by atoms with Crippen LogP contribution in [0.4, 0.5) is 0 Å². The zero-order chi connectivity index (χ0) is 21.7. The second-order valence-electron chi connectivity index (χ2n) is 8.33. The van der Waals surface area contributed by atoms with Crippen LogP contribution in [0.3, 0.4) is 0 Å². The number of ether oxygens (including phenoxy) is 2. The Labute approximate surface area is 183 Å². The van der Waals surface area contributed by atoms with E-state index in [1.165, 1.54) is 0 Å². The average Bonchev–Trinajstić information content (AvgIpc) is 2.77. The molecular weight excluding hydrogens is 406 g/mol.